The summed E-state index contributed by atoms with van der Waals surface area (Å²) in [7, 11) is 0. The summed E-state index contributed by atoms with van der Waals surface area (Å²) in [6.45, 7) is 0. The van der Waals surface area contributed by atoms with Crippen molar-refractivity contribution in [3.8, 4) is 0 Å². The van der Waals surface area contributed by atoms with E-state index in [1.54, 1.807) is 24.3 Å². The summed E-state index contributed by atoms with van der Waals surface area (Å²) < 4.78 is 0. The maximum Gasteiger partial charge on any atom is 0.185 e. The minimum absolute atomic E-state index is 0.202. The lowest BCUT2D eigenvalue weighted by atomic mass is 9.91. The standard InChI is InChI=1S/C25H22O2/c26-24(22-4-2-1-3-5-22)17-25(27)23-16-20-11-10-18-6-8-19(9-7-18)12-14-21(23)15-13-20/h1-9,13,15-17,26H,10-12,14H2/p-1/b24-17-. The van der Waals surface area contributed by atoms with Gasteiger partial charge >= 0.3 is 0 Å². The van der Waals surface area contributed by atoms with Gasteiger partial charge in [0.25, 0.3) is 0 Å². The molecule has 0 heterocycles. The van der Waals surface area contributed by atoms with Crippen LogP contribution < -0.4 is 5.11 Å². The first-order valence-electron chi connectivity index (χ1n) is 9.37. The molecule has 4 aliphatic rings. The van der Waals surface area contributed by atoms with Crippen LogP contribution >= 0.6 is 0 Å². The van der Waals surface area contributed by atoms with Crippen LogP contribution in [-0.2, 0) is 25.7 Å². The Balaban J connectivity index is 1.67. The average Bonchev–Trinajstić information content (AvgIpc) is 2.70. The molecule has 4 bridgehead atoms. The Morgan fingerprint density at radius 2 is 1.33 bits per heavy atom. The van der Waals surface area contributed by atoms with Crippen molar-refractivity contribution < 1.29 is 9.90 Å². The fourth-order valence-corrected chi connectivity index (χ4v) is 3.55. The highest BCUT2D eigenvalue weighted by atomic mass is 16.3. The van der Waals surface area contributed by atoms with Crippen molar-refractivity contribution in [3.63, 3.8) is 0 Å². The Morgan fingerprint density at radius 3 is 2.04 bits per heavy atom. The Labute approximate surface area is 159 Å². The van der Waals surface area contributed by atoms with Crippen LogP contribution in [0.5, 0.6) is 0 Å². The van der Waals surface area contributed by atoms with E-state index >= 15 is 0 Å². The van der Waals surface area contributed by atoms with Crippen LogP contribution in [-0.4, -0.2) is 5.78 Å². The molecular formula is C25H21O2-. The second kappa shape index (κ2) is 7.63. The van der Waals surface area contributed by atoms with Gasteiger partial charge < -0.3 is 5.11 Å². The third kappa shape index (κ3) is 4.01. The first kappa shape index (κ1) is 17.3. The lowest BCUT2D eigenvalue weighted by molar-refractivity contribution is -0.243. The van der Waals surface area contributed by atoms with Gasteiger partial charge in [0.05, 0.1) is 0 Å². The van der Waals surface area contributed by atoms with Crippen LogP contribution in [0, 0.1) is 0 Å². The molecule has 0 fully saturated rings. The number of rotatable bonds is 3. The minimum atomic E-state index is -0.243. The van der Waals surface area contributed by atoms with Gasteiger partial charge in [0, 0.05) is 5.56 Å². The van der Waals surface area contributed by atoms with Crippen molar-refractivity contribution in [3.05, 3.63) is 112 Å². The summed E-state index contributed by atoms with van der Waals surface area (Å²) in [5.74, 6) is -0.445. The molecule has 2 nitrogen and oxygen atoms in total. The highest BCUT2D eigenvalue weighted by Crippen LogP contribution is 2.21. The number of benzene rings is 3. The molecule has 3 aromatic rings. The van der Waals surface area contributed by atoms with E-state index in [1.807, 2.05) is 12.1 Å². The number of aryl methyl sites for hydroxylation is 4. The van der Waals surface area contributed by atoms with E-state index < -0.39 is 0 Å². The number of allylic oxidation sites excluding steroid dienone is 1. The van der Waals surface area contributed by atoms with Crippen LogP contribution in [0.25, 0.3) is 5.76 Å². The molecule has 134 valence electrons. The molecule has 27 heavy (non-hydrogen) atoms. The highest BCUT2D eigenvalue weighted by molar-refractivity contribution is 6.08. The number of carbonyl (C=O) groups is 1. The summed E-state index contributed by atoms with van der Waals surface area (Å²) in [5.41, 5.74) is 5.91. The normalized spacial score (nSPS) is 13.9. The number of hydrogen-bond acceptors (Lipinski definition) is 2. The second-order valence-corrected chi connectivity index (χ2v) is 7.05. The van der Waals surface area contributed by atoms with Crippen molar-refractivity contribution in [2.24, 2.45) is 0 Å². The monoisotopic (exact) mass is 353 g/mol. The molecule has 0 atom stereocenters. The van der Waals surface area contributed by atoms with Crippen molar-refractivity contribution in [2.75, 3.05) is 0 Å². The van der Waals surface area contributed by atoms with E-state index in [1.165, 1.54) is 17.2 Å². The molecule has 0 N–H and O–H groups in total. The molecule has 0 saturated heterocycles. The van der Waals surface area contributed by atoms with E-state index in [-0.39, 0.29) is 11.5 Å². The molecule has 0 aromatic heterocycles. The quantitative estimate of drug-likeness (QED) is 0.403. The smallest absolute Gasteiger partial charge is 0.185 e. The van der Waals surface area contributed by atoms with Crippen LogP contribution in [0.15, 0.2) is 78.9 Å². The molecule has 0 unspecified atom stereocenters. The Kier molecular flexibility index (Phi) is 4.88. The zero-order valence-electron chi connectivity index (χ0n) is 15.2. The Bertz CT molecular complexity index is 983. The van der Waals surface area contributed by atoms with Crippen molar-refractivity contribution in [1.29, 1.82) is 0 Å². The predicted octanol–water partition coefficient (Wildman–Crippen LogP) is 4.15. The summed E-state index contributed by atoms with van der Waals surface area (Å²) in [5, 5.41) is 12.4. The van der Waals surface area contributed by atoms with Crippen molar-refractivity contribution in [1.82, 2.24) is 0 Å². The van der Waals surface area contributed by atoms with Gasteiger partial charge in [-0.25, -0.2) is 0 Å². The van der Waals surface area contributed by atoms with E-state index in [4.69, 9.17) is 0 Å². The number of carbonyl (C=O) groups excluding carboxylic acids is 1. The van der Waals surface area contributed by atoms with E-state index in [0.29, 0.717) is 11.1 Å². The summed E-state index contributed by atoms with van der Waals surface area (Å²) in [4.78, 5) is 12.9. The molecule has 0 aliphatic heterocycles. The minimum Gasteiger partial charge on any atom is -0.872 e. The van der Waals surface area contributed by atoms with E-state index in [2.05, 4.69) is 36.4 Å². The maximum absolute atomic E-state index is 12.9. The molecule has 0 radical (unpaired) electrons. The highest BCUT2D eigenvalue weighted by Gasteiger charge is 2.12. The number of hydrogen-bond donors (Lipinski definition) is 0. The molecule has 0 saturated carbocycles. The lowest BCUT2D eigenvalue weighted by Gasteiger charge is -2.15. The molecule has 7 rings (SSSR count). The Hall–Kier alpha value is -3.13. The zero-order valence-corrected chi connectivity index (χ0v) is 15.2. The fraction of sp³-hybridized carbons (Fsp3) is 0.160. The molecular weight excluding hydrogens is 332 g/mol. The van der Waals surface area contributed by atoms with Gasteiger partial charge in [0.15, 0.2) is 5.78 Å². The van der Waals surface area contributed by atoms with Gasteiger partial charge in [-0.1, -0.05) is 72.5 Å². The molecule has 0 amide bonds. The first-order chi connectivity index (χ1) is 13.2. The molecule has 0 spiro atoms. The van der Waals surface area contributed by atoms with Gasteiger partial charge in [0.2, 0.25) is 0 Å². The maximum atomic E-state index is 12.9. The second-order valence-electron chi connectivity index (χ2n) is 7.05. The lowest BCUT2D eigenvalue weighted by Crippen LogP contribution is -2.09. The van der Waals surface area contributed by atoms with Crippen LogP contribution in [0.2, 0.25) is 0 Å². The largest absolute Gasteiger partial charge is 0.872 e. The molecule has 2 heteroatoms. The third-order valence-corrected chi connectivity index (χ3v) is 5.17. The van der Waals surface area contributed by atoms with Crippen molar-refractivity contribution in [2.45, 2.75) is 25.7 Å². The summed E-state index contributed by atoms with van der Waals surface area (Å²) in [6.07, 6.45) is 4.73. The predicted molar refractivity (Wildman–Crippen MR) is 106 cm³/mol. The van der Waals surface area contributed by atoms with Gasteiger partial charge in [-0.3, -0.25) is 4.79 Å². The molecule has 4 aliphatic carbocycles. The topological polar surface area (TPSA) is 40.1 Å². The summed E-state index contributed by atoms with van der Waals surface area (Å²) in [6, 6.07) is 23.8. The van der Waals surface area contributed by atoms with Gasteiger partial charge in [0.1, 0.15) is 0 Å². The molecule has 3 aromatic carbocycles. The SMILES string of the molecule is O=C(/C=C(\[O-])c1ccccc1)c1cc2ccc1CCc1ccc(cc1)CC2. The van der Waals surface area contributed by atoms with Gasteiger partial charge in [-0.15, -0.1) is 0 Å². The fourth-order valence-electron chi connectivity index (χ4n) is 3.55. The average molecular weight is 353 g/mol. The number of ketones is 1. The van der Waals surface area contributed by atoms with E-state index in [0.717, 1.165) is 36.8 Å². The van der Waals surface area contributed by atoms with Crippen LogP contribution in [0.3, 0.4) is 0 Å². The zero-order chi connectivity index (χ0) is 18.6. The summed E-state index contributed by atoms with van der Waals surface area (Å²) >= 11 is 0. The van der Waals surface area contributed by atoms with Gasteiger partial charge in [-0.2, -0.15) is 0 Å². The van der Waals surface area contributed by atoms with Crippen LogP contribution in [0.4, 0.5) is 0 Å². The van der Waals surface area contributed by atoms with Crippen molar-refractivity contribution >= 4 is 11.5 Å². The first-order valence-corrected chi connectivity index (χ1v) is 9.37. The Morgan fingerprint density at radius 1 is 0.741 bits per heavy atom. The van der Waals surface area contributed by atoms with Gasteiger partial charge in [-0.05, 0) is 65.6 Å². The third-order valence-electron chi connectivity index (χ3n) is 5.17. The van der Waals surface area contributed by atoms with E-state index in [9.17, 15) is 9.90 Å². The van der Waals surface area contributed by atoms with Crippen LogP contribution in [0.1, 0.15) is 38.2 Å².